The van der Waals surface area contributed by atoms with Crippen LogP contribution in [0.5, 0.6) is 0 Å². The van der Waals surface area contributed by atoms with Crippen LogP contribution in [0.2, 0.25) is 0 Å². The van der Waals surface area contributed by atoms with Crippen molar-refractivity contribution in [2.24, 2.45) is 11.1 Å². The van der Waals surface area contributed by atoms with Crippen molar-refractivity contribution in [1.82, 2.24) is 9.80 Å². The third kappa shape index (κ3) is 4.77. The summed E-state index contributed by atoms with van der Waals surface area (Å²) < 4.78 is 0. The lowest BCUT2D eigenvalue weighted by molar-refractivity contribution is -0.137. The van der Waals surface area contributed by atoms with Crippen molar-refractivity contribution < 1.29 is 4.79 Å². The normalized spacial score (nSPS) is 18.9. The van der Waals surface area contributed by atoms with Gasteiger partial charge in [0, 0.05) is 19.1 Å². The smallest absolute Gasteiger partial charge is 0.240 e. The highest BCUT2D eigenvalue weighted by Crippen LogP contribution is 2.26. The maximum Gasteiger partial charge on any atom is 0.240 e. The van der Waals surface area contributed by atoms with Crippen LogP contribution in [0.25, 0.3) is 0 Å². The maximum absolute atomic E-state index is 12.7. The van der Waals surface area contributed by atoms with Crippen LogP contribution in [0.15, 0.2) is 0 Å². The molecule has 1 aliphatic carbocycles. The molecule has 0 radical (unpaired) electrons. The molecule has 1 rings (SSSR count). The number of rotatable bonds is 5. The molecule has 0 aliphatic heterocycles. The number of nitrogens with two attached hydrogens (primary N) is 1. The lowest BCUT2D eigenvalue weighted by Gasteiger charge is -2.36. The summed E-state index contributed by atoms with van der Waals surface area (Å²) in [4.78, 5) is 16.8. The van der Waals surface area contributed by atoms with E-state index in [1.54, 1.807) is 0 Å². The standard InChI is InChI=1S/C15H31N3O/c1-15(2,3)13(16)14(19)18(11-10-17(4)5)12-8-6-7-9-12/h12-13H,6-11,16H2,1-5H3. The number of nitrogens with zero attached hydrogens (tertiary/aromatic N) is 2. The molecule has 0 aromatic heterocycles. The van der Waals surface area contributed by atoms with E-state index in [4.69, 9.17) is 5.73 Å². The molecular weight excluding hydrogens is 238 g/mol. The molecule has 0 heterocycles. The molecule has 0 aromatic carbocycles. The molecular formula is C15H31N3O. The van der Waals surface area contributed by atoms with Gasteiger partial charge in [-0.25, -0.2) is 0 Å². The molecule has 4 heteroatoms. The molecule has 4 nitrogen and oxygen atoms in total. The Hall–Kier alpha value is -0.610. The minimum Gasteiger partial charge on any atom is -0.337 e. The van der Waals surface area contributed by atoms with Gasteiger partial charge in [-0.2, -0.15) is 0 Å². The van der Waals surface area contributed by atoms with E-state index in [1.807, 2.05) is 39.8 Å². The van der Waals surface area contributed by atoms with Gasteiger partial charge in [0.2, 0.25) is 5.91 Å². The molecule has 1 fully saturated rings. The average molecular weight is 269 g/mol. The van der Waals surface area contributed by atoms with E-state index in [-0.39, 0.29) is 11.3 Å². The van der Waals surface area contributed by atoms with Crippen LogP contribution in [0, 0.1) is 5.41 Å². The molecule has 0 aromatic rings. The van der Waals surface area contributed by atoms with Gasteiger partial charge < -0.3 is 15.5 Å². The Balaban J connectivity index is 2.74. The van der Waals surface area contributed by atoms with Crippen molar-refractivity contribution in [2.75, 3.05) is 27.2 Å². The Morgan fingerprint density at radius 1 is 1.21 bits per heavy atom. The van der Waals surface area contributed by atoms with E-state index in [2.05, 4.69) is 4.90 Å². The predicted molar refractivity (Wildman–Crippen MR) is 80.0 cm³/mol. The van der Waals surface area contributed by atoms with Gasteiger partial charge in [0.15, 0.2) is 0 Å². The third-order valence-electron chi connectivity index (χ3n) is 4.04. The monoisotopic (exact) mass is 269 g/mol. The minimum absolute atomic E-state index is 0.126. The Labute approximate surface area is 118 Å². The van der Waals surface area contributed by atoms with E-state index >= 15 is 0 Å². The molecule has 1 aliphatic rings. The van der Waals surface area contributed by atoms with E-state index in [0.717, 1.165) is 25.9 Å². The summed E-state index contributed by atoms with van der Waals surface area (Å²) in [5.41, 5.74) is 5.99. The number of amides is 1. The summed E-state index contributed by atoms with van der Waals surface area (Å²) in [5.74, 6) is 0.126. The Kier molecular flexibility index (Phi) is 5.81. The Morgan fingerprint density at radius 3 is 2.16 bits per heavy atom. The highest BCUT2D eigenvalue weighted by atomic mass is 16.2. The van der Waals surface area contributed by atoms with Crippen molar-refractivity contribution in [1.29, 1.82) is 0 Å². The van der Waals surface area contributed by atoms with Gasteiger partial charge in [0.25, 0.3) is 0 Å². The summed E-state index contributed by atoms with van der Waals surface area (Å²) >= 11 is 0. The summed E-state index contributed by atoms with van der Waals surface area (Å²) in [5, 5.41) is 0. The van der Waals surface area contributed by atoms with Crippen molar-refractivity contribution in [2.45, 2.75) is 58.5 Å². The van der Waals surface area contributed by atoms with Crippen LogP contribution in [0.1, 0.15) is 46.5 Å². The highest BCUT2D eigenvalue weighted by Gasteiger charge is 2.34. The zero-order valence-corrected chi connectivity index (χ0v) is 13.3. The number of hydrogen-bond donors (Lipinski definition) is 1. The SMILES string of the molecule is CN(C)CCN(C(=O)C(N)C(C)(C)C)C1CCCC1. The molecule has 1 saturated carbocycles. The maximum atomic E-state index is 12.7. The van der Waals surface area contributed by atoms with Gasteiger partial charge in [0.05, 0.1) is 6.04 Å². The van der Waals surface area contributed by atoms with Gasteiger partial charge in [-0.15, -0.1) is 0 Å². The largest absolute Gasteiger partial charge is 0.337 e. The van der Waals surface area contributed by atoms with Gasteiger partial charge in [0.1, 0.15) is 0 Å². The first-order valence-corrected chi connectivity index (χ1v) is 7.44. The van der Waals surface area contributed by atoms with Crippen LogP contribution in [0.3, 0.4) is 0 Å². The molecule has 1 unspecified atom stereocenters. The first kappa shape index (κ1) is 16.4. The van der Waals surface area contributed by atoms with Gasteiger partial charge in [-0.05, 0) is 32.4 Å². The molecule has 112 valence electrons. The summed E-state index contributed by atoms with van der Waals surface area (Å²) in [7, 11) is 4.09. The number of hydrogen-bond acceptors (Lipinski definition) is 3. The zero-order chi connectivity index (χ0) is 14.6. The van der Waals surface area contributed by atoms with Crippen LogP contribution in [-0.2, 0) is 4.79 Å². The number of carbonyl (C=O) groups excluding carboxylic acids is 1. The molecule has 2 N–H and O–H groups in total. The van der Waals surface area contributed by atoms with Crippen molar-refractivity contribution in [3.05, 3.63) is 0 Å². The summed E-state index contributed by atoms with van der Waals surface area (Å²) in [6, 6.07) is -0.00360. The molecule has 19 heavy (non-hydrogen) atoms. The van der Waals surface area contributed by atoms with Gasteiger partial charge >= 0.3 is 0 Å². The van der Waals surface area contributed by atoms with Crippen LogP contribution in [0.4, 0.5) is 0 Å². The second-order valence-corrected chi connectivity index (χ2v) is 7.12. The van der Waals surface area contributed by atoms with Crippen LogP contribution >= 0.6 is 0 Å². The van der Waals surface area contributed by atoms with E-state index < -0.39 is 6.04 Å². The Morgan fingerprint density at radius 2 is 1.74 bits per heavy atom. The van der Waals surface area contributed by atoms with Crippen molar-refractivity contribution >= 4 is 5.91 Å². The lowest BCUT2D eigenvalue weighted by atomic mass is 9.86. The fraction of sp³-hybridized carbons (Fsp3) is 0.933. The topological polar surface area (TPSA) is 49.6 Å². The lowest BCUT2D eigenvalue weighted by Crippen LogP contribution is -2.54. The fourth-order valence-corrected chi connectivity index (χ4v) is 2.55. The first-order valence-electron chi connectivity index (χ1n) is 7.44. The van der Waals surface area contributed by atoms with Gasteiger partial charge in [-0.1, -0.05) is 33.6 Å². The molecule has 0 bridgehead atoms. The summed E-state index contributed by atoms with van der Waals surface area (Å²) in [6.07, 6.45) is 4.74. The molecule has 0 spiro atoms. The van der Waals surface area contributed by atoms with Crippen molar-refractivity contribution in [3.63, 3.8) is 0 Å². The predicted octanol–water partition coefficient (Wildman–Crippen LogP) is 1.69. The second-order valence-electron chi connectivity index (χ2n) is 7.12. The Bertz CT molecular complexity index is 290. The van der Waals surface area contributed by atoms with Crippen molar-refractivity contribution in [3.8, 4) is 0 Å². The molecule has 0 saturated heterocycles. The summed E-state index contributed by atoms with van der Waals surface area (Å²) in [6.45, 7) is 7.80. The van der Waals surface area contributed by atoms with E-state index in [1.165, 1.54) is 12.8 Å². The molecule has 1 atom stereocenters. The highest BCUT2D eigenvalue weighted by molar-refractivity contribution is 5.82. The van der Waals surface area contributed by atoms with Gasteiger partial charge in [-0.3, -0.25) is 4.79 Å². The fourth-order valence-electron chi connectivity index (χ4n) is 2.55. The number of likely N-dealkylation sites (N-methyl/N-ethyl adjacent to an activating group) is 1. The third-order valence-corrected chi connectivity index (χ3v) is 4.04. The molecule has 1 amide bonds. The van der Waals surface area contributed by atoms with E-state index in [0.29, 0.717) is 6.04 Å². The average Bonchev–Trinajstić information content (AvgIpc) is 2.80. The van der Waals surface area contributed by atoms with E-state index in [9.17, 15) is 4.79 Å². The zero-order valence-electron chi connectivity index (χ0n) is 13.3. The minimum atomic E-state index is -0.407. The number of carbonyl (C=O) groups is 1. The van der Waals surface area contributed by atoms with Crippen LogP contribution in [-0.4, -0.2) is 55.0 Å². The quantitative estimate of drug-likeness (QED) is 0.826. The second kappa shape index (κ2) is 6.71. The van der Waals surface area contributed by atoms with Crippen LogP contribution < -0.4 is 5.73 Å². The first-order chi connectivity index (χ1) is 8.73.